The summed E-state index contributed by atoms with van der Waals surface area (Å²) in [5.74, 6) is 0. The van der Waals surface area contributed by atoms with Crippen LogP contribution in [0.15, 0.2) is 146 Å². The molecule has 0 aliphatic carbocycles. The van der Waals surface area contributed by atoms with Gasteiger partial charge in [-0.05, 0) is 82.6 Å². The van der Waals surface area contributed by atoms with Gasteiger partial charge in [-0.2, -0.15) is 0 Å². The Morgan fingerprint density at radius 1 is 0.478 bits per heavy atom. The van der Waals surface area contributed by atoms with E-state index >= 15 is 0 Å². The molecule has 7 aromatic rings. The molecular formula is C41H30N4Pt. The molecule has 0 atom stereocenters. The third kappa shape index (κ3) is 6.44. The fourth-order valence-electron chi connectivity index (χ4n) is 5.64. The molecule has 0 unspecified atom stereocenters. The first-order valence-corrected chi connectivity index (χ1v) is 14.9. The van der Waals surface area contributed by atoms with Crippen LogP contribution in [-0.4, -0.2) is 15.0 Å². The summed E-state index contributed by atoms with van der Waals surface area (Å²) in [5, 5.41) is 0. The molecule has 3 aromatic heterocycles. The topological polar surface area (TPSA) is 41.9 Å². The fourth-order valence-corrected chi connectivity index (χ4v) is 5.64. The van der Waals surface area contributed by atoms with Gasteiger partial charge in [0.1, 0.15) is 0 Å². The minimum Gasteiger partial charge on any atom is -0.345 e. The second-order valence-corrected chi connectivity index (χ2v) is 10.9. The maximum Gasteiger partial charge on any atom is 2.00 e. The van der Waals surface area contributed by atoms with Crippen LogP contribution in [0.3, 0.4) is 0 Å². The summed E-state index contributed by atoms with van der Waals surface area (Å²) in [5.41, 5.74) is 12.8. The average molecular weight is 774 g/mol. The number of rotatable bonds is 7. The van der Waals surface area contributed by atoms with Gasteiger partial charge in [-0.3, -0.25) is 4.98 Å². The Morgan fingerprint density at radius 2 is 0.957 bits per heavy atom. The number of hydrogen-bond acceptors (Lipinski definition) is 4. The van der Waals surface area contributed by atoms with Crippen LogP contribution in [-0.2, 0) is 21.1 Å². The largest absolute Gasteiger partial charge is 2.00 e. The van der Waals surface area contributed by atoms with Crippen LogP contribution in [0.5, 0.6) is 0 Å². The van der Waals surface area contributed by atoms with E-state index < -0.39 is 0 Å². The smallest absolute Gasteiger partial charge is 0.345 e. The number of nitrogens with zero attached hydrogens (tertiary/aromatic N) is 4. The molecule has 0 radical (unpaired) electrons. The number of pyridine rings is 3. The average Bonchev–Trinajstić information content (AvgIpc) is 3.11. The minimum atomic E-state index is 0. The van der Waals surface area contributed by atoms with E-state index in [0.717, 1.165) is 73.1 Å². The summed E-state index contributed by atoms with van der Waals surface area (Å²) in [6.45, 7) is 4.15. The normalized spacial score (nSPS) is 10.7. The SMILES string of the molecule is Cc1ccnc(C)c1N(c1[c-]c(-c2cc(-c3ccccc3)ccn2)ccc1)c1[c-]c(-c2cc(-c3ccccc3)ccn2)ccc1.[Pt+2]. The second kappa shape index (κ2) is 13.9. The van der Waals surface area contributed by atoms with Crippen molar-refractivity contribution in [1.82, 2.24) is 15.0 Å². The Hall–Kier alpha value is -5.18. The van der Waals surface area contributed by atoms with Crippen molar-refractivity contribution < 1.29 is 21.1 Å². The molecule has 0 saturated heterocycles. The standard InChI is InChI=1S/C41H30N4.Pt/c1-29-19-22-42-30(2)41(29)45(37-17-9-15-35(25-37)39-27-33(20-23-43-39)31-11-5-3-6-12-31)38-18-10-16-36(26-38)40-28-34(21-24-44-40)32-13-7-4-8-14-32;/h3-24,27-28H,1-2H3;/q-2;+2. The predicted octanol–water partition coefficient (Wildman–Crippen LogP) is 10.2. The van der Waals surface area contributed by atoms with Gasteiger partial charge in [-0.15, -0.1) is 59.7 Å². The van der Waals surface area contributed by atoms with Gasteiger partial charge < -0.3 is 14.9 Å². The third-order valence-corrected chi connectivity index (χ3v) is 7.86. The molecule has 46 heavy (non-hydrogen) atoms. The number of hydrogen-bond donors (Lipinski definition) is 0. The van der Waals surface area contributed by atoms with Gasteiger partial charge in [0.2, 0.25) is 0 Å². The van der Waals surface area contributed by atoms with Crippen molar-refractivity contribution >= 4 is 17.1 Å². The van der Waals surface area contributed by atoms with Gasteiger partial charge in [-0.25, -0.2) is 0 Å². The van der Waals surface area contributed by atoms with Crippen molar-refractivity contribution in [3.8, 4) is 44.8 Å². The van der Waals surface area contributed by atoms with E-state index in [0.29, 0.717) is 0 Å². The Balaban J connectivity index is 0.00000372. The molecule has 7 rings (SSSR count). The van der Waals surface area contributed by atoms with Crippen LogP contribution < -0.4 is 4.90 Å². The van der Waals surface area contributed by atoms with Crippen LogP contribution in [0.1, 0.15) is 11.3 Å². The number of aromatic nitrogens is 3. The van der Waals surface area contributed by atoms with Crippen LogP contribution in [0, 0.1) is 26.0 Å². The maximum atomic E-state index is 4.72. The molecule has 0 fully saturated rings. The number of anilines is 3. The Morgan fingerprint density at radius 3 is 1.43 bits per heavy atom. The monoisotopic (exact) mass is 773 g/mol. The van der Waals surface area contributed by atoms with E-state index in [2.05, 4.69) is 126 Å². The first-order chi connectivity index (χ1) is 22.1. The third-order valence-electron chi connectivity index (χ3n) is 7.86. The van der Waals surface area contributed by atoms with E-state index in [9.17, 15) is 0 Å². The van der Waals surface area contributed by atoms with E-state index in [1.165, 1.54) is 0 Å². The molecule has 224 valence electrons. The molecule has 0 spiro atoms. The Kier molecular flexibility index (Phi) is 9.28. The van der Waals surface area contributed by atoms with Crippen LogP contribution >= 0.6 is 0 Å². The van der Waals surface area contributed by atoms with Crippen molar-refractivity contribution in [1.29, 1.82) is 0 Å². The van der Waals surface area contributed by atoms with Gasteiger partial charge in [0, 0.05) is 18.6 Å². The molecule has 5 heteroatoms. The van der Waals surface area contributed by atoms with E-state index in [1.807, 2.05) is 55.8 Å². The quantitative estimate of drug-likeness (QED) is 0.151. The first-order valence-electron chi connectivity index (χ1n) is 14.9. The molecular weight excluding hydrogens is 744 g/mol. The molecule has 0 aliphatic heterocycles. The summed E-state index contributed by atoms with van der Waals surface area (Å²) in [7, 11) is 0. The van der Waals surface area contributed by atoms with E-state index in [-0.39, 0.29) is 21.1 Å². The van der Waals surface area contributed by atoms with Gasteiger partial charge in [-0.1, -0.05) is 72.8 Å². The van der Waals surface area contributed by atoms with Crippen LogP contribution in [0.2, 0.25) is 0 Å². The molecule has 0 aliphatic rings. The van der Waals surface area contributed by atoms with Crippen molar-refractivity contribution in [3.05, 3.63) is 169 Å². The number of aryl methyl sites for hydroxylation is 2. The zero-order chi connectivity index (χ0) is 30.6. The minimum absolute atomic E-state index is 0. The van der Waals surface area contributed by atoms with Gasteiger partial charge in [0.15, 0.2) is 0 Å². The Labute approximate surface area is 284 Å². The zero-order valence-electron chi connectivity index (χ0n) is 25.5. The summed E-state index contributed by atoms with van der Waals surface area (Å²) in [6, 6.07) is 50.8. The summed E-state index contributed by atoms with van der Waals surface area (Å²) >= 11 is 0. The van der Waals surface area contributed by atoms with Gasteiger partial charge in [0.05, 0.1) is 11.4 Å². The van der Waals surface area contributed by atoms with Crippen molar-refractivity contribution in [2.75, 3.05) is 4.90 Å². The zero-order valence-corrected chi connectivity index (χ0v) is 27.7. The fraction of sp³-hybridized carbons (Fsp3) is 0.0488. The molecule has 0 N–H and O–H groups in total. The molecule has 0 saturated carbocycles. The first kappa shape index (κ1) is 30.8. The molecule has 3 heterocycles. The molecule has 4 aromatic carbocycles. The predicted molar refractivity (Wildman–Crippen MR) is 183 cm³/mol. The Bertz CT molecular complexity index is 1950. The number of benzene rings is 4. The van der Waals surface area contributed by atoms with Gasteiger partial charge >= 0.3 is 21.1 Å². The van der Waals surface area contributed by atoms with Crippen molar-refractivity contribution in [2.45, 2.75) is 13.8 Å². The van der Waals surface area contributed by atoms with Crippen LogP contribution in [0.25, 0.3) is 44.8 Å². The van der Waals surface area contributed by atoms with E-state index in [4.69, 9.17) is 9.97 Å². The summed E-state index contributed by atoms with van der Waals surface area (Å²) < 4.78 is 0. The summed E-state index contributed by atoms with van der Waals surface area (Å²) in [4.78, 5) is 16.3. The maximum absolute atomic E-state index is 4.72. The molecule has 0 amide bonds. The van der Waals surface area contributed by atoms with Gasteiger partial charge in [0.25, 0.3) is 0 Å². The van der Waals surface area contributed by atoms with Crippen molar-refractivity contribution in [3.63, 3.8) is 0 Å². The second-order valence-electron chi connectivity index (χ2n) is 10.9. The van der Waals surface area contributed by atoms with Crippen LogP contribution in [0.4, 0.5) is 17.1 Å². The molecule has 0 bridgehead atoms. The summed E-state index contributed by atoms with van der Waals surface area (Å²) in [6.07, 6.45) is 5.57. The van der Waals surface area contributed by atoms with E-state index in [1.54, 1.807) is 0 Å². The molecule has 4 nitrogen and oxygen atoms in total. The van der Waals surface area contributed by atoms with Crippen molar-refractivity contribution in [2.24, 2.45) is 0 Å².